The lowest BCUT2D eigenvalue weighted by molar-refractivity contribution is -0.384. The Bertz CT molecular complexity index is 515. The van der Waals surface area contributed by atoms with Crippen LogP contribution in [-0.2, 0) is 0 Å². The van der Waals surface area contributed by atoms with Gasteiger partial charge in [0.25, 0.3) is 5.69 Å². The maximum Gasteiger partial charge on any atom is 0.293 e. The second kappa shape index (κ2) is 4.08. The van der Waals surface area contributed by atoms with Gasteiger partial charge in [-0.3, -0.25) is 14.9 Å². The van der Waals surface area contributed by atoms with E-state index in [0.717, 1.165) is 19.4 Å². The summed E-state index contributed by atoms with van der Waals surface area (Å²) in [5.74, 6) is 0.681. The first-order valence-corrected chi connectivity index (χ1v) is 6.19. The average Bonchev–Trinajstić information content (AvgIpc) is 3.00. The Balaban J connectivity index is 2.01. The highest BCUT2D eigenvalue weighted by molar-refractivity contribution is 5.80. The molecule has 18 heavy (non-hydrogen) atoms. The summed E-state index contributed by atoms with van der Waals surface area (Å²) in [5, 5.41) is 11.1. The predicted molar refractivity (Wildman–Crippen MR) is 67.0 cm³/mol. The molecule has 2 unspecified atom stereocenters. The van der Waals surface area contributed by atoms with Crippen LogP contribution in [0.3, 0.4) is 0 Å². The first-order chi connectivity index (χ1) is 8.69. The highest BCUT2D eigenvalue weighted by atomic mass is 16.6. The smallest absolute Gasteiger partial charge is 0.293 e. The van der Waals surface area contributed by atoms with Gasteiger partial charge in [-0.1, -0.05) is 0 Å². The molecule has 0 radical (unpaired) electrons. The van der Waals surface area contributed by atoms with Crippen LogP contribution in [-0.4, -0.2) is 23.8 Å². The van der Waals surface area contributed by atoms with Crippen LogP contribution in [0.25, 0.3) is 0 Å². The zero-order chi connectivity index (χ0) is 12.7. The van der Waals surface area contributed by atoms with Gasteiger partial charge >= 0.3 is 0 Å². The SMILES string of the molecule is O=Cc1ccc(N2CC3CCC2C3)c([N+](=O)[O-])c1. The normalized spacial score (nSPS) is 25.4. The molecule has 3 rings (SSSR count). The molecule has 0 spiro atoms. The maximum absolute atomic E-state index is 11.1. The summed E-state index contributed by atoms with van der Waals surface area (Å²) in [5.41, 5.74) is 1.07. The Morgan fingerprint density at radius 1 is 1.39 bits per heavy atom. The van der Waals surface area contributed by atoms with Crippen molar-refractivity contribution >= 4 is 17.7 Å². The van der Waals surface area contributed by atoms with Crippen molar-refractivity contribution in [3.63, 3.8) is 0 Å². The van der Waals surface area contributed by atoms with Crippen LogP contribution in [0.1, 0.15) is 29.6 Å². The quantitative estimate of drug-likeness (QED) is 0.466. The van der Waals surface area contributed by atoms with E-state index >= 15 is 0 Å². The zero-order valence-electron chi connectivity index (χ0n) is 9.91. The van der Waals surface area contributed by atoms with E-state index in [1.807, 2.05) is 0 Å². The number of nitro groups is 1. The van der Waals surface area contributed by atoms with Gasteiger partial charge in [-0.25, -0.2) is 0 Å². The molecule has 1 saturated carbocycles. The summed E-state index contributed by atoms with van der Waals surface area (Å²) in [6.45, 7) is 0.909. The predicted octanol–water partition coefficient (Wildman–Crippen LogP) is 2.40. The first kappa shape index (κ1) is 11.2. The fourth-order valence-corrected chi connectivity index (χ4v) is 3.22. The van der Waals surface area contributed by atoms with Crippen molar-refractivity contribution in [1.29, 1.82) is 0 Å². The summed E-state index contributed by atoms with van der Waals surface area (Å²) in [6, 6.07) is 5.17. The van der Waals surface area contributed by atoms with E-state index in [-0.39, 0.29) is 5.69 Å². The monoisotopic (exact) mass is 246 g/mol. The van der Waals surface area contributed by atoms with Crippen molar-refractivity contribution in [2.75, 3.05) is 11.4 Å². The molecule has 2 aliphatic rings. The minimum atomic E-state index is -0.395. The topological polar surface area (TPSA) is 63.5 Å². The molecule has 1 aromatic carbocycles. The minimum absolute atomic E-state index is 0.0483. The number of nitro benzene ring substituents is 1. The van der Waals surface area contributed by atoms with Crippen LogP contribution in [0.2, 0.25) is 0 Å². The van der Waals surface area contributed by atoms with Gasteiger partial charge in [0.05, 0.1) is 4.92 Å². The third-order valence-corrected chi connectivity index (χ3v) is 4.05. The van der Waals surface area contributed by atoms with E-state index in [1.54, 1.807) is 12.1 Å². The van der Waals surface area contributed by atoms with Crippen LogP contribution < -0.4 is 4.90 Å². The lowest BCUT2D eigenvalue weighted by Gasteiger charge is -2.28. The first-order valence-electron chi connectivity index (χ1n) is 6.19. The number of hydrogen-bond donors (Lipinski definition) is 0. The molecule has 5 nitrogen and oxygen atoms in total. The molecular weight excluding hydrogens is 232 g/mol. The highest BCUT2D eigenvalue weighted by Crippen LogP contribution is 2.43. The molecule has 2 bridgehead atoms. The van der Waals surface area contributed by atoms with Crippen LogP contribution in [0, 0.1) is 16.0 Å². The van der Waals surface area contributed by atoms with Gasteiger partial charge in [0.1, 0.15) is 12.0 Å². The third kappa shape index (κ3) is 1.66. The summed E-state index contributed by atoms with van der Waals surface area (Å²) in [4.78, 5) is 23.6. The zero-order valence-corrected chi connectivity index (χ0v) is 9.91. The Kier molecular flexibility index (Phi) is 2.54. The molecule has 0 amide bonds. The van der Waals surface area contributed by atoms with E-state index in [0.29, 0.717) is 29.5 Å². The molecular formula is C13H14N2O3. The van der Waals surface area contributed by atoms with Gasteiger partial charge < -0.3 is 4.90 Å². The van der Waals surface area contributed by atoms with Crippen molar-refractivity contribution in [3.05, 3.63) is 33.9 Å². The van der Waals surface area contributed by atoms with Gasteiger partial charge in [0.15, 0.2) is 0 Å². The lowest BCUT2D eigenvalue weighted by Crippen LogP contribution is -2.32. The van der Waals surface area contributed by atoms with Crippen molar-refractivity contribution < 1.29 is 9.72 Å². The molecule has 1 saturated heterocycles. The number of nitrogens with zero attached hydrogens (tertiary/aromatic N) is 2. The summed E-state index contributed by atoms with van der Waals surface area (Å²) >= 11 is 0. The van der Waals surface area contributed by atoms with Crippen LogP contribution in [0.4, 0.5) is 11.4 Å². The number of hydrogen-bond acceptors (Lipinski definition) is 4. The molecule has 0 aromatic heterocycles. The van der Waals surface area contributed by atoms with E-state index in [1.165, 1.54) is 12.5 Å². The fourth-order valence-electron chi connectivity index (χ4n) is 3.22. The lowest BCUT2D eigenvalue weighted by atomic mass is 10.1. The van der Waals surface area contributed by atoms with E-state index in [4.69, 9.17) is 0 Å². The summed E-state index contributed by atoms with van der Waals surface area (Å²) in [6.07, 6.45) is 4.15. The molecule has 1 aliphatic carbocycles. The van der Waals surface area contributed by atoms with Gasteiger partial charge in [-0.15, -0.1) is 0 Å². The van der Waals surface area contributed by atoms with Crippen LogP contribution in [0.5, 0.6) is 0 Å². The number of piperidine rings is 1. The molecule has 2 atom stereocenters. The second-order valence-electron chi connectivity index (χ2n) is 5.11. The van der Waals surface area contributed by atoms with E-state index < -0.39 is 4.92 Å². The largest absolute Gasteiger partial charge is 0.363 e. The molecule has 1 aliphatic heterocycles. The summed E-state index contributed by atoms with van der Waals surface area (Å²) < 4.78 is 0. The number of anilines is 1. The maximum atomic E-state index is 11.1. The van der Waals surface area contributed by atoms with Crippen LogP contribution >= 0.6 is 0 Å². The highest BCUT2D eigenvalue weighted by Gasteiger charge is 2.39. The standard InChI is InChI=1S/C13H14N2O3/c16-8-10-2-4-12(13(6-10)15(17)18)14-7-9-1-3-11(14)5-9/h2,4,6,8-9,11H,1,3,5,7H2. The summed E-state index contributed by atoms with van der Waals surface area (Å²) in [7, 11) is 0. The van der Waals surface area contributed by atoms with Crippen molar-refractivity contribution in [2.45, 2.75) is 25.3 Å². The van der Waals surface area contributed by atoms with Gasteiger partial charge in [-0.2, -0.15) is 0 Å². The molecule has 1 aromatic rings. The third-order valence-electron chi connectivity index (χ3n) is 4.05. The Morgan fingerprint density at radius 3 is 2.78 bits per heavy atom. The van der Waals surface area contributed by atoms with Gasteiger partial charge in [0, 0.05) is 24.2 Å². The average molecular weight is 246 g/mol. The number of fused-ring (bicyclic) bond motifs is 2. The molecule has 1 heterocycles. The minimum Gasteiger partial charge on any atom is -0.363 e. The number of rotatable bonds is 3. The van der Waals surface area contributed by atoms with Crippen molar-refractivity contribution in [1.82, 2.24) is 0 Å². The van der Waals surface area contributed by atoms with E-state index in [2.05, 4.69) is 4.90 Å². The number of carbonyl (C=O) groups excluding carboxylic acids is 1. The molecule has 94 valence electrons. The molecule has 5 heteroatoms. The van der Waals surface area contributed by atoms with Gasteiger partial charge in [-0.05, 0) is 37.3 Å². The number of carbonyl (C=O) groups is 1. The fraction of sp³-hybridized carbons (Fsp3) is 0.462. The molecule has 0 N–H and O–H groups in total. The second-order valence-corrected chi connectivity index (χ2v) is 5.11. The Morgan fingerprint density at radius 2 is 2.22 bits per heavy atom. The number of benzene rings is 1. The van der Waals surface area contributed by atoms with Gasteiger partial charge in [0.2, 0.25) is 0 Å². The number of aldehydes is 1. The molecule has 2 fully saturated rings. The Labute approximate surface area is 105 Å². The van der Waals surface area contributed by atoms with Crippen molar-refractivity contribution in [3.8, 4) is 0 Å². The van der Waals surface area contributed by atoms with Crippen LogP contribution in [0.15, 0.2) is 18.2 Å². The van der Waals surface area contributed by atoms with Crippen molar-refractivity contribution in [2.24, 2.45) is 5.92 Å². The van der Waals surface area contributed by atoms with E-state index in [9.17, 15) is 14.9 Å². The Hall–Kier alpha value is -1.91.